The molecule has 6 nitrogen and oxygen atoms in total. The number of anilines is 2. The molecular weight excluding hydrogens is 356 g/mol. The first-order valence-electron chi connectivity index (χ1n) is 8.11. The van der Waals surface area contributed by atoms with Crippen LogP contribution in [0, 0.1) is 5.92 Å². The van der Waals surface area contributed by atoms with Crippen LogP contribution in [-0.2, 0) is 9.59 Å². The molecule has 1 atom stereocenters. The van der Waals surface area contributed by atoms with Gasteiger partial charge in [-0.05, 0) is 30.3 Å². The number of ether oxygens (including phenoxy) is 2. The molecule has 1 N–H and O–H groups in total. The van der Waals surface area contributed by atoms with Gasteiger partial charge in [-0.1, -0.05) is 23.7 Å². The van der Waals surface area contributed by atoms with Crippen LogP contribution in [0.2, 0.25) is 5.02 Å². The van der Waals surface area contributed by atoms with Gasteiger partial charge in [-0.2, -0.15) is 0 Å². The largest absolute Gasteiger partial charge is 0.495 e. The summed E-state index contributed by atoms with van der Waals surface area (Å²) in [5.41, 5.74) is 1.23. The second-order valence-electron chi connectivity index (χ2n) is 5.92. The first kappa shape index (κ1) is 18.1. The van der Waals surface area contributed by atoms with Gasteiger partial charge in [0.25, 0.3) is 0 Å². The third-order valence-electron chi connectivity index (χ3n) is 4.29. The summed E-state index contributed by atoms with van der Waals surface area (Å²) in [5.74, 6) is 0.347. The standard InChI is InChI=1S/C19H19ClN2O4/c1-25-16-8-7-13(10-14(16)20)21-19(24)12-9-18(23)22(11-12)15-5-3-4-6-17(15)26-2/h3-8,10,12H,9,11H2,1-2H3,(H,21,24)/t12-/m0/s1. The lowest BCUT2D eigenvalue weighted by molar-refractivity contribution is -0.122. The molecule has 3 rings (SSSR count). The number of halogens is 1. The minimum atomic E-state index is -0.451. The normalized spacial score (nSPS) is 16.5. The zero-order valence-electron chi connectivity index (χ0n) is 14.5. The van der Waals surface area contributed by atoms with Gasteiger partial charge in [0.05, 0.1) is 30.8 Å². The summed E-state index contributed by atoms with van der Waals surface area (Å²) >= 11 is 6.08. The molecular formula is C19H19ClN2O4. The molecule has 0 bridgehead atoms. The topological polar surface area (TPSA) is 67.9 Å². The average molecular weight is 375 g/mol. The maximum absolute atomic E-state index is 12.6. The Morgan fingerprint density at radius 3 is 2.58 bits per heavy atom. The van der Waals surface area contributed by atoms with Gasteiger partial charge in [0, 0.05) is 18.7 Å². The first-order valence-corrected chi connectivity index (χ1v) is 8.49. The molecule has 1 aliphatic rings. The minimum absolute atomic E-state index is 0.109. The predicted octanol–water partition coefficient (Wildman–Crippen LogP) is 3.35. The summed E-state index contributed by atoms with van der Waals surface area (Å²) in [7, 11) is 3.08. The molecule has 0 radical (unpaired) electrons. The van der Waals surface area contributed by atoms with Crippen molar-refractivity contribution in [3.8, 4) is 11.5 Å². The van der Waals surface area contributed by atoms with Crippen molar-refractivity contribution in [3.63, 3.8) is 0 Å². The Morgan fingerprint density at radius 1 is 1.15 bits per heavy atom. The Balaban J connectivity index is 1.72. The number of nitrogens with zero attached hydrogens (tertiary/aromatic N) is 1. The van der Waals surface area contributed by atoms with E-state index in [0.29, 0.717) is 34.4 Å². The number of para-hydroxylation sites is 2. The van der Waals surface area contributed by atoms with Crippen molar-refractivity contribution in [1.29, 1.82) is 0 Å². The highest BCUT2D eigenvalue weighted by Crippen LogP contribution is 2.33. The van der Waals surface area contributed by atoms with Crippen LogP contribution in [0.4, 0.5) is 11.4 Å². The lowest BCUT2D eigenvalue weighted by Gasteiger charge is -2.19. The number of nitrogens with one attached hydrogen (secondary N) is 1. The smallest absolute Gasteiger partial charge is 0.229 e. The van der Waals surface area contributed by atoms with E-state index in [9.17, 15) is 9.59 Å². The van der Waals surface area contributed by atoms with Gasteiger partial charge in [0.1, 0.15) is 11.5 Å². The Hall–Kier alpha value is -2.73. The molecule has 2 amide bonds. The van der Waals surface area contributed by atoms with E-state index in [-0.39, 0.29) is 18.2 Å². The van der Waals surface area contributed by atoms with E-state index in [1.54, 1.807) is 42.3 Å². The molecule has 0 spiro atoms. The lowest BCUT2D eigenvalue weighted by Crippen LogP contribution is -2.28. The van der Waals surface area contributed by atoms with Crippen LogP contribution in [0.15, 0.2) is 42.5 Å². The van der Waals surface area contributed by atoms with Gasteiger partial charge in [-0.3, -0.25) is 9.59 Å². The molecule has 26 heavy (non-hydrogen) atoms. The summed E-state index contributed by atoms with van der Waals surface area (Å²) in [6.07, 6.45) is 0.147. The molecule has 1 saturated heterocycles. The second kappa shape index (κ2) is 7.66. The Morgan fingerprint density at radius 2 is 1.88 bits per heavy atom. The van der Waals surface area contributed by atoms with Crippen molar-refractivity contribution in [1.82, 2.24) is 0 Å². The van der Waals surface area contributed by atoms with E-state index in [4.69, 9.17) is 21.1 Å². The number of carbonyl (C=O) groups excluding carboxylic acids is 2. The summed E-state index contributed by atoms with van der Waals surface area (Å²) in [4.78, 5) is 26.5. The summed E-state index contributed by atoms with van der Waals surface area (Å²) in [6.45, 7) is 0.301. The van der Waals surface area contributed by atoms with Crippen LogP contribution in [-0.4, -0.2) is 32.6 Å². The average Bonchev–Trinajstić information content (AvgIpc) is 3.03. The van der Waals surface area contributed by atoms with Crippen LogP contribution >= 0.6 is 11.6 Å². The van der Waals surface area contributed by atoms with Crippen LogP contribution in [0.25, 0.3) is 0 Å². The zero-order chi connectivity index (χ0) is 18.7. The molecule has 1 heterocycles. The summed E-state index contributed by atoms with van der Waals surface area (Å²) in [5, 5.41) is 3.21. The molecule has 2 aromatic rings. The van der Waals surface area contributed by atoms with Crippen LogP contribution in [0.1, 0.15) is 6.42 Å². The quantitative estimate of drug-likeness (QED) is 0.871. The van der Waals surface area contributed by atoms with Crippen LogP contribution in [0.3, 0.4) is 0 Å². The third-order valence-corrected chi connectivity index (χ3v) is 4.59. The van der Waals surface area contributed by atoms with E-state index in [0.717, 1.165) is 0 Å². The number of methoxy groups -OCH3 is 2. The number of hydrogen-bond donors (Lipinski definition) is 1. The fourth-order valence-electron chi connectivity index (χ4n) is 2.96. The second-order valence-corrected chi connectivity index (χ2v) is 6.32. The minimum Gasteiger partial charge on any atom is -0.495 e. The predicted molar refractivity (Wildman–Crippen MR) is 100 cm³/mol. The van der Waals surface area contributed by atoms with Crippen molar-refractivity contribution in [2.45, 2.75) is 6.42 Å². The maximum Gasteiger partial charge on any atom is 0.229 e. The highest BCUT2D eigenvalue weighted by molar-refractivity contribution is 6.32. The number of amides is 2. The molecule has 136 valence electrons. The van der Waals surface area contributed by atoms with Gasteiger partial charge in [0.2, 0.25) is 11.8 Å². The molecule has 7 heteroatoms. The van der Waals surface area contributed by atoms with Gasteiger partial charge in [0.15, 0.2) is 0 Å². The Labute approximate surface area is 156 Å². The van der Waals surface area contributed by atoms with Gasteiger partial charge >= 0.3 is 0 Å². The van der Waals surface area contributed by atoms with Crippen molar-refractivity contribution in [2.24, 2.45) is 5.92 Å². The van der Waals surface area contributed by atoms with E-state index in [1.807, 2.05) is 12.1 Å². The van der Waals surface area contributed by atoms with Crippen LogP contribution in [0.5, 0.6) is 11.5 Å². The van der Waals surface area contributed by atoms with E-state index < -0.39 is 5.92 Å². The molecule has 0 saturated carbocycles. The summed E-state index contributed by atoms with van der Waals surface area (Å²) in [6, 6.07) is 12.3. The fraction of sp³-hybridized carbons (Fsp3) is 0.263. The highest BCUT2D eigenvalue weighted by Gasteiger charge is 2.36. The number of rotatable bonds is 5. The SMILES string of the molecule is COc1ccc(NC(=O)[C@H]2CC(=O)N(c3ccccc3OC)C2)cc1Cl. The number of benzene rings is 2. The third kappa shape index (κ3) is 3.60. The highest BCUT2D eigenvalue weighted by atomic mass is 35.5. The van der Waals surface area contributed by atoms with Crippen molar-refractivity contribution >= 4 is 34.8 Å². The monoisotopic (exact) mass is 374 g/mol. The van der Waals surface area contributed by atoms with E-state index in [2.05, 4.69) is 5.32 Å². The molecule has 0 aliphatic carbocycles. The fourth-order valence-corrected chi connectivity index (χ4v) is 3.21. The van der Waals surface area contributed by atoms with Gasteiger partial charge in [-0.25, -0.2) is 0 Å². The Bertz CT molecular complexity index is 840. The first-order chi connectivity index (χ1) is 12.5. The van der Waals surface area contributed by atoms with Crippen molar-refractivity contribution in [2.75, 3.05) is 31.0 Å². The number of hydrogen-bond acceptors (Lipinski definition) is 4. The van der Waals surface area contributed by atoms with Gasteiger partial charge < -0.3 is 19.7 Å². The Kier molecular flexibility index (Phi) is 5.32. The zero-order valence-corrected chi connectivity index (χ0v) is 15.2. The molecule has 0 unspecified atom stereocenters. The molecule has 1 aliphatic heterocycles. The maximum atomic E-state index is 12.6. The van der Waals surface area contributed by atoms with E-state index in [1.165, 1.54) is 7.11 Å². The van der Waals surface area contributed by atoms with Crippen molar-refractivity contribution in [3.05, 3.63) is 47.5 Å². The van der Waals surface area contributed by atoms with Crippen LogP contribution < -0.4 is 19.7 Å². The molecule has 2 aromatic carbocycles. The molecule has 1 fully saturated rings. The lowest BCUT2D eigenvalue weighted by atomic mass is 10.1. The van der Waals surface area contributed by atoms with Crippen molar-refractivity contribution < 1.29 is 19.1 Å². The number of carbonyl (C=O) groups is 2. The molecule has 0 aromatic heterocycles. The van der Waals surface area contributed by atoms with E-state index >= 15 is 0 Å². The van der Waals surface area contributed by atoms with Gasteiger partial charge in [-0.15, -0.1) is 0 Å². The summed E-state index contributed by atoms with van der Waals surface area (Å²) < 4.78 is 10.4.